The molecule has 1 rings (SSSR count). The van der Waals surface area contributed by atoms with E-state index in [-0.39, 0.29) is 6.04 Å². The Morgan fingerprint density at radius 1 is 1.60 bits per heavy atom. The number of hydrogen-bond acceptors (Lipinski definition) is 6. The van der Waals surface area contributed by atoms with Gasteiger partial charge in [0.15, 0.2) is 5.82 Å². The summed E-state index contributed by atoms with van der Waals surface area (Å²) < 4.78 is 10.3. The first-order chi connectivity index (χ1) is 7.27. The van der Waals surface area contributed by atoms with E-state index in [0.29, 0.717) is 24.9 Å². The van der Waals surface area contributed by atoms with Crippen molar-refractivity contribution >= 4 is 11.8 Å². The number of hydrogen-bond donors (Lipinski definition) is 1. The third-order valence-electron chi connectivity index (χ3n) is 1.73. The molecule has 0 radical (unpaired) electrons. The van der Waals surface area contributed by atoms with Crippen LogP contribution in [-0.2, 0) is 10.5 Å². The molecule has 1 aromatic heterocycles. The molecule has 0 fully saturated rings. The first-order valence-corrected chi connectivity index (χ1v) is 6.32. The van der Waals surface area contributed by atoms with Crippen LogP contribution in [0, 0.1) is 0 Å². The van der Waals surface area contributed by atoms with Crippen molar-refractivity contribution in [1.82, 2.24) is 10.1 Å². The summed E-state index contributed by atoms with van der Waals surface area (Å²) in [4.78, 5) is 4.18. The Morgan fingerprint density at radius 3 is 3.07 bits per heavy atom. The second kappa shape index (κ2) is 6.81. The number of nitrogens with two attached hydrogens (primary N) is 1. The zero-order valence-corrected chi connectivity index (χ0v) is 9.92. The van der Waals surface area contributed by atoms with Crippen LogP contribution in [0.15, 0.2) is 4.52 Å². The fraction of sp³-hybridized carbons (Fsp3) is 0.778. The minimum absolute atomic E-state index is 0.295. The summed E-state index contributed by atoms with van der Waals surface area (Å²) in [7, 11) is 0. The van der Waals surface area contributed by atoms with Crippen molar-refractivity contribution in [2.24, 2.45) is 5.73 Å². The lowest BCUT2D eigenvalue weighted by molar-refractivity contribution is 0.119. The van der Waals surface area contributed by atoms with Crippen molar-refractivity contribution in [3.8, 4) is 0 Å². The average Bonchev–Trinajstić information content (AvgIpc) is 2.67. The third kappa shape index (κ3) is 4.19. The Morgan fingerprint density at radius 2 is 2.40 bits per heavy atom. The van der Waals surface area contributed by atoms with Crippen LogP contribution in [-0.4, -0.2) is 29.6 Å². The van der Waals surface area contributed by atoms with E-state index in [2.05, 4.69) is 17.1 Å². The highest BCUT2D eigenvalue weighted by molar-refractivity contribution is 7.97. The van der Waals surface area contributed by atoms with Gasteiger partial charge in [-0.05, 0) is 12.7 Å². The van der Waals surface area contributed by atoms with Gasteiger partial charge in [-0.15, -0.1) is 0 Å². The summed E-state index contributed by atoms with van der Waals surface area (Å²) >= 11 is 1.63. The summed E-state index contributed by atoms with van der Waals surface area (Å²) in [6.07, 6.45) is 2.96. The van der Waals surface area contributed by atoms with Crippen molar-refractivity contribution in [1.29, 1.82) is 0 Å². The fourth-order valence-electron chi connectivity index (χ4n) is 1.03. The average molecular weight is 231 g/mol. The lowest BCUT2D eigenvalue weighted by Crippen LogP contribution is -2.18. The van der Waals surface area contributed by atoms with Crippen LogP contribution in [0.5, 0.6) is 0 Å². The SMILES string of the molecule is CCCOCC(N)c1noc(CSC)n1. The lowest BCUT2D eigenvalue weighted by Gasteiger charge is -2.06. The highest BCUT2D eigenvalue weighted by atomic mass is 32.2. The van der Waals surface area contributed by atoms with Gasteiger partial charge >= 0.3 is 0 Å². The van der Waals surface area contributed by atoms with Crippen molar-refractivity contribution in [3.63, 3.8) is 0 Å². The molecule has 86 valence electrons. The summed E-state index contributed by atoms with van der Waals surface area (Å²) in [6, 6.07) is -0.295. The van der Waals surface area contributed by atoms with Crippen LogP contribution >= 0.6 is 11.8 Å². The van der Waals surface area contributed by atoms with Crippen LogP contribution in [0.4, 0.5) is 0 Å². The van der Waals surface area contributed by atoms with Gasteiger partial charge in [-0.2, -0.15) is 16.7 Å². The Labute approximate surface area is 93.7 Å². The molecule has 15 heavy (non-hydrogen) atoms. The van der Waals surface area contributed by atoms with Gasteiger partial charge in [-0.1, -0.05) is 12.1 Å². The summed E-state index contributed by atoms with van der Waals surface area (Å²) in [5.41, 5.74) is 5.83. The highest BCUT2D eigenvalue weighted by Gasteiger charge is 2.13. The van der Waals surface area contributed by atoms with E-state index in [0.717, 1.165) is 12.2 Å². The predicted molar refractivity (Wildman–Crippen MR) is 59.6 cm³/mol. The van der Waals surface area contributed by atoms with Crippen molar-refractivity contribution < 1.29 is 9.26 Å². The van der Waals surface area contributed by atoms with Gasteiger partial charge in [0.1, 0.15) is 0 Å². The quantitative estimate of drug-likeness (QED) is 0.714. The molecule has 0 spiro atoms. The monoisotopic (exact) mass is 231 g/mol. The summed E-state index contributed by atoms with van der Waals surface area (Å²) in [5.74, 6) is 1.86. The number of ether oxygens (including phenoxy) is 1. The Balaban J connectivity index is 2.39. The number of rotatable bonds is 7. The van der Waals surface area contributed by atoms with Gasteiger partial charge in [0.05, 0.1) is 18.4 Å². The second-order valence-corrected chi connectivity index (χ2v) is 4.03. The van der Waals surface area contributed by atoms with Crippen molar-refractivity contribution in [2.75, 3.05) is 19.5 Å². The van der Waals surface area contributed by atoms with Crippen LogP contribution < -0.4 is 5.73 Å². The van der Waals surface area contributed by atoms with Crippen LogP contribution in [0.3, 0.4) is 0 Å². The van der Waals surface area contributed by atoms with Gasteiger partial charge in [0, 0.05) is 6.61 Å². The molecule has 1 heterocycles. The Kier molecular flexibility index (Phi) is 5.67. The van der Waals surface area contributed by atoms with Crippen LogP contribution in [0.1, 0.15) is 31.1 Å². The molecule has 1 atom stereocenters. The Hall–Kier alpha value is -0.590. The van der Waals surface area contributed by atoms with Crippen LogP contribution in [0.25, 0.3) is 0 Å². The normalized spacial score (nSPS) is 13.0. The molecule has 0 aliphatic carbocycles. The number of aromatic nitrogens is 2. The van der Waals surface area contributed by atoms with E-state index < -0.39 is 0 Å². The van der Waals surface area contributed by atoms with E-state index in [1.807, 2.05) is 6.26 Å². The maximum Gasteiger partial charge on any atom is 0.236 e. The lowest BCUT2D eigenvalue weighted by atomic mass is 10.3. The van der Waals surface area contributed by atoms with Gasteiger partial charge in [0.25, 0.3) is 0 Å². The predicted octanol–water partition coefficient (Wildman–Crippen LogP) is 1.36. The van der Waals surface area contributed by atoms with Gasteiger partial charge in [-0.25, -0.2) is 0 Å². The molecule has 0 saturated heterocycles. The first-order valence-electron chi connectivity index (χ1n) is 4.92. The van der Waals surface area contributed by atoms with Crippen molar-refractivity contribution in [3.05, 3.63) is 11.7 Å². The van der Waals surface area contributed by atoms with Gasteiger partial charge < -0.3 is 15.0 Å². The maximum absolute atomic E-state index is 5.83. The summed E-state index contributed by atoms with van der Waals surface area (Å²) in [6.45, 7) is 3.20. The van der Waals surface area contributed by atoms with Gasteiger partial charge in [-0.3, -0.25) is 0 Å². The molecule has 0 bridgehead atoms. The van der Waals surface area contributed by atoms with Crippen LogP contribution in [0.2, 0.25) is 0 Å². The van der Waals surface area contributed by atoms with E-state index >= 15 is 0 Å². The topological polar surface area (TPSA) is 74.2 Å². The Bertz CT molecular complexity index is 280. The number of thioether (sulfide) groups is 1. The summed E-state index contributed by atoms with van der Waals surface area (Å²) in [5, 5.41) is 3.81. The zero-order valence-electron chi connectivity index (χ0n) is 9.10. The molecule has 2 N–H and O–H groups in total. The molecular formula is C9H17N3O2S. The molecular weight excluding hydrogens is 214 g/mol. The zero-order chi connectivity index (χ0) is 11.1. The molecule has 0 aliphatic rings. The highest BCUT2D eigenvalue weighted by Crippen LogP contribution is 2.10. The van der Waals surface area contributed by atoms with E-state index in [1.165, 1.54) is 0 Å². The minimum atomic E-state index is -0.295. The van der Waals surface area contributed by atoms with E-state index in [9.17, 15) is 0 Å². The molecule has 5 nitrogen and oxygen atoms in total. The standard InChI is InChI=1S/C9H17N3O2S/c1-3-4-13-5-7(10)9-11-8(6-15-2)14-12-9/h7H,3-6,10H2,1-2H3. The smallest absolute Gasteiger partial charge is 0.236 e. The molecule has 0 saturated carbocycles. The molecule has 6 heteroatoms. The van der Waals surface area contributed by atoms with E-state index in [1.54, 1.807) is 11.8 Å². The third-order valence-corrected chi connectivity index (χ3v) is 2.26. The maximum atomic E-state index is 5.83. The molecule has 0 amide bonds. The minimum Gasteiger partial charge on any atom is -0.379 e. The van der Waals surface area contributed by atoms with Gasteiger partial charge in [0.2, 0.25) is 5.89 Å². The van der Waals surface area contributed by atoms with E-state index in [4.69, 9.17) is 15.0 Å². The molecule has 1 aromatic rings. The second-order valence-electron chi connectivity index (χ2n) is 3.16. The first kappa shape index (κ1) is 12.5. The molecule has 0 aromatic carbocycles. The van der Waals surface area contributed by atoms with Crippen molar-refractivity contribution in [2.45, 2.75) is 25.1 Å². The molecule has 1 unspecified atom stereocenters. The number of nitrogens with zero attached hydrogens (tertiary/aromatic N) is 2. The molecule has 0 aliphatic heterocycles. The fourth-order valence-corrected chi connectivity index (χ4v) is 1.39. The largest absolute Gasteiger partial charge is 0.379 e.